The molecule has 4 nitrogen and oxygen atoms in total. The van der Waals surface area contributed by atoms with E-state index in [2.05, 4.69) is 179 Å². The molecule has 8 heteroatoms. The van der Waals surface area contributed by atoms with Gasteiger partial charge in [-0.3, -0.25) is 0 Å². The minimum atomic E-state index is 0. The zero-order valence-corrected chi connectivity index (χ0v) is 46.6. The Morgan fingerprint density at radius 1 is 0.569 bits per heavy atom. The first-order valence-electron chi connectivity index (χ1n) is 20.9. The molecule has 6 aromatic carbocycles. The molecule has 1 N–H and O–H groups in total. The molecule has 0 aliphatic rings. The summed E-state index contributed by atoms with van der Waals surface area (Å²) < 4.78 is 8.75. The van der Waals surface area contributed by atoms with Gasteiger partial charge in [-0.2, -0.15) is 60.7 Å². The topological polar surface area (TPSA) is 39.3 Å². The molecule has 1 radical (unpaired) electrons. The average Bonchev–Trinajstić information content (AvgIpc) is 3.79. The van der Waals surface area contributed by atoms with Crippen molar-refractivity contribution in [1.29, 1.82) is 0 Å². The molecule has 0 saturated heterocycles. The molecular weight excluding hydrogens is 1200 g/mol. The van der Waals surface area contributed by atoms with Gasteiger partial charge in [-0.15, -0.1) is 12.1 Å². The van der Waals surface area contributed by atoms with Gasteiger partial charge in [0.05, 0.1) is 0 Å². The Kier molecular flexibility index (Phi) is 36.6. The fourth-order valence-corrected chi connectivity index (χ4v) is 6.13. The SMILES string of the molecule is C.C/C=C\[C-]=C(C)c1[c-]cccc1.C/C=C\[C-]=C(C)c1[c-]cccc1.CBr.CCC.CCO[B]O.Cn1c2ccccc2c2ccccc21.Cn1c2ccccc2c2ccccc21.[W+2].[W+2]. The van der Waals surface area contributed by atoms with Crippen LogP contribution in [0.15, 0.2) is 170 Å². The zero-order chi connectivity index (χ0) is 45.5. The molecule has 0 saturated carbocycles. The van der Waals surface area contributed by atoms with E-state index in [0.29, 0.717) is 14.3 Å². The van der Waals surface area contributed by atoms with Crippen LogP contribution in [-0.4, -0.2) is 34.3 Å². The zero-order valence-electron chi connectivity index (χ0n) is 39.1. The number of fused-ring (bicyclic) bond motifs is 6. The van der Waals surface area contributed by atoms with Gasteiger partial charge < -0.3 is 18.8 Å². The number of halogens is 1. The number of allylic oxidation sites excluding steroid dienone is 8. The van der Waals surface area contributed by atoms with Gasteiger partial charge in [-0.25, -0.2) is 46.6 Å². The first-order chi connectivity index (χ1) is 30.3. The van der Waals surface area contributed by atoms with E-state index in [0.717, 1.165) is 22.3 Å². The van der Waals surface area contributed by atoms with Crippen molar-refractivity contribution in [3.8, 4) is 0 Å². The second-order valence-corrected chi connectivity index (χ2v) is 13.5. The second kappa shape index (κ2) is 37.9. The summed E-state index contributed by atoms with van der Waals surface area (Å²) in [5, 5.41) is 13.1. The summed E-state index contributed by atoms with van der Waals surface area (Å²) in [5.74, 6) is 1.81. The Morgan fingerprint density at radius 2 is 0.846 bits per heavy atom. The third-order valence-corrected chi connectivity index (χ3v) is 9.04. The van der Waals surface area contributed by atoms with Crippen molar-refractivity contribution in [1.82, 2.24) is 9.13 Å². The first kappa shape index (κ1) is 62.8. The van der Waals surface area contributed by atoms with Crippen molar-refractivity contribution < 1.29 is 51.8 Å². The van der Waals surface area contributed by atoms with Gasteiger partial charge >= 0.3 is 49.8 Å². The third kappa shape index (κ3) is 20.8. The van der Waals surface area contributed by atoms with E-state index in [-0.39, 0.29) is 49.6 Å². The Balaban J connectivity index is 0. The molecule has 65 heavy (non-hydrogen) atoms. The smallest absolute Gasteiger partial charge is 0.429 e. The van der Waals surface area contributed by atoms with Crippen LogP contribution in [0.2, 0.25) is 0 Å². The predicted octanol–water partition coefficient (Wildman–Crippen LogP) is 15.8. The van der Waals surface area contributed by atoms with Crippen LogP contribution in [0.4, 0.5) is 0 Å². The molecule has 0 aliphatic heterocycles. The summed E-state index contributed by atoms with van der Waals surface area (Å²) in [6, 6.07) is 56.2. The molecule has 0 atom stereocenters. The molecule has 0 spiro atoms. The van der Waals surface area contributed by atoms with Crippen LogP contribution in [0.5, 0.6) is 0 Å². The molecular formula is C57H67BBrN2O2W2. The van der Waals surface area contributed by atoms with Crippen molar-refractivity contribution in [2.24, 2.45) is 14.1 Å². The molecule has 0 unspecified atom stereocenters. The number of alkyl halides is 1. The van der Waals surface area contributed by atoms with E-state index in [1.807, 2.05) is 106 Å². The molecule has 0 amide bonds. The Hall–Kier alpha value is -4.28. The first-order valence-corrected chi connectivity index (χ1v) is 22.5. The summed E-state index contributed by atoms with van der Waals surface area (Å²) in [6.45, 7) is 14.6. The molecule has 0 fully saturated rings. The number of nitrogens with zero attached hydrogens (tertiary/aromatic N) is 2. The number of hydrogen-bond acceptors (Lipinski definition) is 2. The quantitative estimate of drug-likeness (QED) is 0.0780. The third-order valence-electron chi connectivity index (χ3n) is 9.04. The van der Waals surface area contributed by atoms with Gasteiger partial charge in [0.2, 0.25) is 0 Å². The van der Waals surface area contributed by atoms with E-state index < -0.39 is 0 Å². The van der Waals surface area contributed by atoms with Gasteiger partial charge in [0.25, 0.3) is 0 Å². The maximum absolute atomic E-state index is 7.72. The van der Waals surface area contributed by atoms with Gasteiger partial charge in [0.1, 0.15) is 0 Å². The van der Waals surface area contributed by atoms with E-state index >= 15 is 0 Å². The average molecular weight is 1270 g/mol. The number of aromatic nitrogens is 2. The standard InChI is InChI=1S/2C13H11N.2C12H12.C3H8.C2H6BO2.CH3Br.CH4.2W/c2*1-14-12-8-4-2-6-10(12)11-7-3-5-9-13(11)14;2*1-3-4-8-11(2)12-9-6-5-7-10-12;1-3-2;1-2-5-3-4;1-2;;;/h2*2-9H,1H3;2*3-7,9H,1-2H3;3H2,1-2H3;4H,2H2,1H3;1H3;1H4;;/q;;2*-2;;;;;2*+2/b;;2*4-3-;;;;;;. The van der Waals surface area contributed by atoms with Crippen LogP contribution in [-0.2, 0) is 60.9 Å². The Labute approximate surface area is 430 Å². The van der Waals surface area contributed by atoms with Crippen molar-refractivity contribution >= 4 is 78.4 Å². The molecule has 2 aromatic heterocycles. The van der Waals surface area contributed by atoms with Gasteiger partial charge in [-0.1, -0.05) is 144 Å². The maximum Gasteiger partial charge on any atom is 2.00 e. The van der Waals surface area contributed by atoms with Crippen LogP contribution in [0.1, 0.15) is 73.4 Å². The van der Waals surface area contributed by atoms with Crippen LogP contribution < -0.4 is 0 Å². The van der Waals surface area contributed by atoms with Crippen LogP contribution in [0.25, 0.3) is 54.8 Å². The summed E-state index contributed by atoms with van der Waals surface area (Å²) in [5.41, 5.74) is 9.65. The number of aryl methyl sites for hydroxylation is 2. The summed E-state index contributed by atoms with van der Waals surface area (Å²) >= 11 is 2.94. The summed E-state index contributed by atoms with van der Waals surface area (Å²) in [7, 11) is 4.91. The normalized spacial score (nSPS) is 10.3. The number of benzene rings is 6. The molecule has 2 heterocycles. The van der Waals surface area contributed by atoms with E-state index in [1.54, 1.807) is 6.92 Å². The number of rotatable bonds is 6. The fourth-order valence-electron chi connectivity index (χ4n) is 6.13. The van der Waals surface area contributed by atoms with Crippen molar-refractivity contribution in [2.45, 2.75) is 62.3 Å². The Morgan fingerprint density at radius 3 is 1.06 bits per heavy atom. The molecule has 8 rings (SSSR count). The van der Waals surface area contributed by atoms with Crippen molar-refractivity contribution in [2.75, 3.05) is 12.4 Å². The van der Waals surface area contributed by atoms with Crippen LogP contribution in [0.3, 0.4) is 0 Å². The molecule has 339 valence electrons. The molecule has 0 bridgehead atoms. The van der Waals surface area contributed by atoms with Gasteiger partial charge in [0, 0.05) is 64.3 Å². The van der Waals surface area contributed by atoms with Gasteiger partial charge in [-0.05, 0) is 37.0 Å². The fraction of sp³-hybridized carbons (Fsp3) is 0.228. The predicted molar refractivity (Wildman–Crippen MR) is 283 cm³/mol. The maximum atomic E-state index is 7.72. The monoisotopic (exact) mass is 1270 g/mol. The molecule has 8 aromatic rings. The number of hydrogen-bond donors (Lipinski definition) is 1. The summed E-state index contributed by atoms with van der Waals surface area (Å²) in [6.07, 6.45) is 15.3. The van der Waals surface area contributed by atoms with Gasteiger partial charge in [0.15, 0.2) is 0 Å². The minimum absolute atomic E-state index is 0. The van der Waals surface area contributed by atoms with E-state index in [4.69, 9.17) is 5.02 Å². The van der Waals surface area contributed by atoms with Crippen LogP contribution in [0, 0.1) is 24.3 Å². The minimum Gasteiger partial charge on any atom is -0.429 e. The number of para-hydroxylation sites is 4. The largest absolute Gasteiger partial charge is 2.00 e. The van der Waals surface area contributed by atoms with Crippen LogP contribution >= 0.6 is 15.9 Å². The second-order valence-electron chi connectivity index (χ2n) is 13.5. The van der Waals surface area contributed by atoms with Crippen molar-refractivity contribution in [3.05, 3.63) is 205 Å². The van der Waals surface area contributed by atoms with E-state index in [9.17, 15) is 0 Å². The van der Waals surface area contributed by atoms with E-state index in [1.165, 1.54) is 50.0 Å². The summed E-state index contributed by atoms with van der Waals surface area (Å²) in [4.78, 5) is 0. The Bertz CT molecular complexity index is 2280. The molecule has 0 aliphatic carbocycles. The van der Waals surface area contributed by atoms with Crippen molar-refractivity contribution in [3.63, 3.8) is 0 Å².